The number of nitriles is 1. The van der Waals surface area contributed by atoms with Crippen LogP contribution in [0.15, 0.2) is 35.7 Å². The standard InChI is InChI=1S/C15H14N4O/c1-8-3-5-10(6-4-8)13-12-9(2)11(7-16)14(17)20-15(12)19-18-13/h3-6,9H,17H2,1-2H3,(H,18,19)/t9-/m1/s1. The van der Waals surface area contributed by atoms with E-state index in [0.717, 1.165) is 16.8 Å². The van der Waals surface area contributed by atoms with E-state index in [1.54, 1.807) is 0 Å². The van der Waals surface area contributed by atoms with Crippen LogP contribution in [-0.2, 0) is 0 Å². The number of nitrogens with two attached hydrogens (primary N) is 1. The van der Waals surface area contributed by atoms with Gasteiger partial charge in [0, 0.05) is 5.92 Å². The summed E-state index contributed by atoms with van der Waals surface area (Å²) in [5.74, 6) is 0.442. The maximum Gasteiger partial charge on any atom is 0.244 e. The molecule has 5 nitrogen and oxygen atoms in total. The third-order valence-corrected chi connectivity index (χ3v) is 3.57. The highest BCUT2D eigenvalue weighted by molar-refractivity contribution is 5.68. The first kappa shape index (κ1) is 12.3. The molecule has 1 aliphatic rings. The number of aryl methyl sites for hydroxylation is 1. The molecule has 20 heavy (non-hydrogen) atoms. The lowest BCUT2D eigenvalue weighted by atomic mass is 9.90. The minimum atomic E-state index is -0.140. The highest BCUT2D eigenvalue weighted by Gasteiger charge is 2.31. The Labute approximate surface area is 116 Å². The Hall–Kier alpha value is -2.74. The summed E-state index contributed by atoms with van der Waals surface area (Å²) in [5.41, 5.74) is 10.1. The minimum absolute atomic E-state index is 0.134. The number of hydrogen-bond acceptors (Lipinski definition) is 4. The molecule has 0 spiro atoms. The van der Waals surface area contributed by atoms with Crippen LogP contribution in [0.3, 0.4) is 0 Å². The maximum atomic E-state index is 9.19. The number of hydrogen-bond donors (Lipinski definition) is 2. The molecule has 2 heterocycles. The van der Waals surface area contributed by atoms with Gasteiger partial charge in [-0.3, -0.25) is 5.10 Å². The molecule has 3 N–H and O–H groups in total. The van der Waals surface area contributed by atoms with Gasteiger partial charge in [0.25, 0.3) is 0 Å². The number of H-pyrrole nitrogens is 1. The summed E-state index contributed by atoms with van der Waals surface area (Å²) in [6.45, 7) is 3.97. The van der Waals surface area contributed by atoms with E-state index in [0.29, 0.717) is 11.5 Å². The van der Waals surface area contributed by atoms with Crippen molar-refractivity contribution in [3.63, 3.8) is 0 Å². The van der Waals surface area contributed by atoms with Gasteiger partial charge in [0.2, 0.25) is 11.8 Å². The predicted octanol–water partition coefficient (Wildman–Crippen LogP) is 2.57. The molecule has 0 saturated carbocycles. The van der Waals surface area contributed by atoms with Crippen LogP contribution >= 0.6 is 0 Å². The van der Waals surface area contributed by atoms with Crippen LogP contribution in [-0.4, -0.2) is 10.2 Å². The Balaban J connectivity index is 2.13. The van der Waals surface area contributed by atoms with Crippen molar-refractivity contribution in [2.24, 2.45) is 5.73 Å². The van der Waals surface area contributed by atoms with Gasteiger partial charge in [-0.25, -0.2) is 0 Å². The van der Waals surface area contributed by atoms with Crippen LogP contribution in [0.25, 0.3) is 11.3 Å². The van der Waals surface area contributed by atoms with Crippen molar-refractivity contribution in [2.75, 3.05) is 0 Å². The minimum Gasteiger partial charge on any atom is -0.420 e. The molecule has 5 heteroatoms. The summed E-state index contributed by atoms with van der Waals surface area (Å²) in [7, 11) is 0. The third-order valence-electron chi connectivity index (χ3n) is 3.57. The fourth-order valence-electron chi connectivity index (χ4n) is 2.42. The summed E-state index contributed by atoms with van der Waals surface area (Å²) in [6.07, 6.45) is 0. The highest BCUT2D eigenvalue weighted by atomic mass is 16.5. The molecule has 0 unspecified atom stereocenters. The second-order valence-electron chi connectivity index (χ2n) is 4.90. The van der Waals surface area contributed by atoms with Crippen LogP contribution in [0.4, 0.5) is 0 Å². The molecule has 1 aromatic carbocycles. The average Bonchev–Trinajstić information content (AvgIpc) is 2.84. The molecule has 0 radical (unpaired) electrons. The summed E-state index contributed by atoms with van der Waals surface area (Å²) < 4.78 is 5.42. The number of ether oxygens (including phenoxy) is 1. The second kappa shape index (κ2) is 4.42. The average molecular weight is 266 g/mol. The lowest BCUT2D eigenvalue weighted by Gasteiger charge is -2.20. The van der Waals surface area contributed by atoms with E-state index >= 15 is 0 Å². The van der Waals surface area contributed by atoms with E-state index in [2.05, 4.69) is 16.3 Å². The van der Waals surface area contributed by atoms with Crippen LogP contribution in [0, 0.1) is 18.3 Å². The molecule has 0 amide bonds. The smallest absolute Gasteiger partial charge is 0.244 e. The van der Waals surface area contributed by atoms with Crippen molar-refractivity contribution < 1.29 is 4.74 Å². The van der Waals surface area contributed by atoms with Gasteiger partial charge in [-0.2, -0.15) is 5.26 Å². The van der Waals surface area contributed by atoms with E-state index in [-0.39, 0.29) is 11.8 Å². The first-order chi connectivity index (χ1) is 9.61. The fraction of sp³-hybridized carbons (Fsp3) is 0.200. The topological polar surface area (TPSA) is 87.7 Å². The second-order valence-corrected chi connectivity index (χ2v) is 4.90. The Morgan fingerprint density at radius 1 is 1.35 bits per heavy atom. The number of rotatable bonds is 1. The Morgan fingerprint density at radius 2 is 2.05 bits per heavy atom. The maximum absolute atomic E-state index is 9.19. The molecular weight excluding hydrogens is 252 g/mol. The third kappa shape index (κ3) is 1.74. The Kier molecular flexibility index (Phi) is 2.72. The first-order valence-corrected chi connectivity index (χ1v) is 6.34. The SMILES string of the molecule is Cc1ccc(-c2[nH]nc3c2[C@H](C)C(C#N)=C(N)O3)cc1. The van der Waals surface area contributed by atoms with Gasteiger partial charge >= 0.3 is 0 Å². The van der Waals surface area contributed by atoms with Crippen LogP contribution < -0.4 is 10.5 Å². The number of nitrogens with one attached hydrogen (secondary N) is 1. The van der Waals surface area contributed by atoms with Crippen LogP contribution in [0.2, 0.25) is 0 Å². The summed E-state index contributed by atoms with van der Waals surface area (Å²) >= 11 is 0. The number of aromatic amines is 1. The molecule has 0 aliphatic carbocycles. The summed E-state index contributed by atoms with van der Waals surface area (Å²) in [4.78, 5) is 0. The van der Waals surface area contributed by atoms with Gasteiger partial charge in [0.05, 0.1) is 16.8 Å². The molecule has 1 atom stereocenters. The monoisotopic (exact) mass is 266 g/mol. The number of nitrogens with zero attached hydrogens (tertiary/aromatic N) is 2. The molecule has 1 aliphatic heterocycles. The van der Waals surface area contributed by atoms with Crippen LogP contribution in [0.5, 0.6) is 5.88 Å². The molecule has 2 aromatic rings. The quantitative estimate of drug-likeness (QED) is 0.830. The van der Waals surface area contributed by atoms with Gasteiger partial charge < -0.3 is 10.5 Å². The zero-order valence-electron chi connectivity index (χ0n) is 11.3. The molecular formula is C15H14N4O. The van der Waals surface area contributed by atoms with E-state index in [1.807, 2.05) is 38.1 Å². The van der Waals surface area contributed by atoms with Crippen molar-refractivity contribution in [3.8, 4) is 23.2 Å². The normalized spacial score (nSPS) is 17.4. The lowest BCUT2D eigenvalue weighted by molar-refractivity contribution is 0.377. The van der Waals surface area contributed by atoms with Crippen LogP contribution in [0.1, 0.15) is 24.0 Å². The first-order valence-electron chi connectivity index (χ1n) is 6.34. The van der Waals surface area contributed by atoms with Crippen molar-refractivity contribution in [3.05, 3.63) is 46.8 Å². The van der Waals surface area contributed by atoms with Crippen molar-refractivity contribution in [2.45, 2.75) is 19.8 Å². The lowest BCUT2D eigenvalue weighted by Crippen LogP contribution is -2.18. The van der Waals surface area contributed by atoms with Gasteiger partial charge in [0.15, 0.2) is 0 Å². The van der Waals surface area contributed by atoms with Crippen molar-refractivity contribution >= 4 is 0 Å². The molecule has 0 bridgehead atoms. The fourth-order valence-corrected chi connectivity index (χ4v) is 2.42. The molecule has 100 valence electrons. The van der Waals surface area contributed by atoms with Gasteiger partial charge in [-0.1, -0.05) is 36.8 Å². The van der Waals surface area contributed by atoms with E-state index in [1.165, 1.54) is 5.56 Å². The largest absolute Gasteiger partial charge is 0.420 e. The highest BCUT2D eigenvalue weighted by Crippen LogP contribution is 2.41. The van der Waals surface area contributed by atoms with Crippen molar-refractivity contribution in [1.82, 2.24) is 10.2 Å². The molecule has 1 aromatic heterocycles. The molecule has 3 rings (SSSR count). The number of aromatic nitrogens is 2. The zero-order valence-corrected chi connectivity index (χ0v) is 11.3. The zero-order chi connectivity index (χ0) is 14.3. The Morgan fingerprint density at radius 3 is 2.70 bits per heavy atom. The van der Waals surface area contributed by atoms with Gasteiger partial charge in [-0.05, 0) is 12.5 Å². The molecule has 0 saturated heterocycles. The van der Waals surface area contributed by atoms with Crippen molar-refractivity contribution in [1.29, 1.82) is 5.26 Å². The molecule has 0 fully saturated rings. The Bertz CT molecular complexity index is 734. The summed E-state index contributed by atoms with van der Waals surface area (Å²) in [6, 6.07) is 10.2. The van der Waals surface area contributed by atoms with E-state index in [4.69, 9.17) is 10.5 Å². The number of benzene rings is 1. The number of fused-ring (bicyclic) bond motifs is 1. The summed E-state index contributed by atoms with van der Waals surface area (Å²) in [5, 5.41) is 16.3. The predicted molar refractivity (Wildman–Crippen MR) is 74.6 cm³/mol. The van der Waals surface area contributed by atoms with E-state index in [9.17, 15) is 5.26 Å². The van der Waals surface area contributed by atoms with Gasteiger partial charge in [0.1, 0.15) is 6.07 Å². The number of allylic oxidation sites excluding steroid dienone is 1. The van der Waals surface area contributed by atoms with E-state index < -0.39 is 0 Å². The van der Waals surface area contributed by atoms with Gasteiger partial charge in [-0.15, -0.1) is 5.10 Å².